The van der Waals surface area contributed by atoms with Gasteiger partial charge in [-0.15, -0.1) is 0 Å². The fraction of sp³-hybridized carbons (Fsp3) is 0.556. The molecular weight excluding hydrogens is 293 g/mol. The number of aliphatic hydroxyl groups is 1. The summed E-state index contributed by atoms with van der Waals surface area (Å²) in [6.45, 7) is -0.219. The Balaban J connectivity index is 1.90. The lowest BCUT2D eigenvalue weighted by molar-refractivity contribution is -0.0685. The molecule has 2 fully saturated rings. The molecule has 0 saturated carbocycles. The monoisotopic (exact) mass is 305 g/mol. The molecule has 2 aliphatic rings. The van der Waals surface area contributed by atoms with Gasteiger partial charge in [0.1, 0.15) is 24.1 Å². The van der Waals surface area contributed by atoms with Crippen molar-refractivity contribution in [3.63, 3.8) is 0 Å². The smallest absolute Gasteiger partial charge is 0.386 e. The van der Waals surface area contributed by atoms with Crippen LogP contribution in [-0.4, -0.2) is 44.5 Å². The van der Waals surface area contributed by atoms with Crippen molar-refractivity contribution in [1.29, 1.82) is 0 Å². The van der Waals surface area contributed by atoms with Crippen LogP contribution in [0.1, 0.15) is 6.23 Å². The molecule has 0 radical (unpaired) electrons. The van der Waals surface area contributed by atoms with Gasteiger partial charge in [0, 0.05) is 6.20 Å². The number of hydrogen-bond donors (Lipinski definition) is 3. The standard InChI is InChI=1S/C9H12N3O7P/c10-5-1-2-12(9(14)11-5)8-6(13)7-4(18-8)3-17-20(15,16)19-7/h1-2,4,6-8,13H,3H2,(H,15,16)(H2,10,11,14)/t4-,6+,7-,8-/m1/s1. The van der Waals surface area contributed by atoms with Crippen molar-refractivity contribution < 1.29 is 28.3 Å². The minimum Gasteiger partial charge on any atom is -0.386 e. The summed E-state index contributed by atoms with van der Waals surface area (Å²) >= 11 is 0. The van der Waals surface area contributed by atoms with Gasteiger partial charge in [-0.1, -0.05) is 0 Å². The molecule has 1 aromatic heterocycles. The first-order valence-corrected chi connectivity index (χ1v) is 7.21. The molecular formula is C9H12N3O7P. The highest BCUT2D eigenvalue weighted by atomic mass is 31.2. The fourth-order valence-electron chi connectivity index (χ4n) is 2.19. The maximum Gasteiger partial charge on any atom is 0.472 e. The quantitative estimate of drug-likeness (QED) is 0.533. The summed E-state index contributed by atoms with van der Waals surface area (Å²) in [5.74, 6) is 0.0376. The Kier molecular flexibility index (Phi) is 3.16. The Labute approximate surface area is 112 Å². The lowest BCUT2D eigenvalue weighted by atomic mass is 10.1. The van der Waals surface area contributed by atoms with E-state index in [1.165, 1.54) is 12.3 Å². The van der Waals surface area contributed by atoms with Crippen molar-refractivity contribution in [2.24, 2.45) is 0 Å². The fourth-order valence-corrected chi connectivity index (χ4v) is 3.15. The highest BCUT2D eigenvalue weighted by Gasteiger charge is 2.52. The zero-order valence-electron chi connectivity index (χ0n) is 10.0. The third-order valence-electron chi connectivity index (χ3n) is 3.09. The number of rotatable bonds is 1. The number of phosphoric ester groups is 1. The summed E-state index contributed by atoms with van der Waals surface area (Å²) < 4.78 is 27.2. The number of aromatic nitrogens is 2. The van der Waals surface area contributed by atoms with Crippen LogP contribution in [0.25, 0.3) is 0 Å². The summed E-state index contributed by atoms with van der Waals surface area (Å²) in [6.07, 6.45) is -2.91. The number of anilines is 1. The number of nitrogens with zero attached hydrogens (tertiary/aromatic N) is 2. The predicted octanol–water partition coefficient (Wildman–Crippen LogP) is -1.40. The van der Waals surface area contributed by atoms with E-state index < -0.39 is 38.1 Å². The Morgan fingerprint density at radius 1 is 1.55 bits per heavy atom. The lowest BCUT2D eigenvalue weighted by Gasteiger charge is -2.27. The first-order valence-electron chi connectivity index (χ1n) is 5.71. The molecule has 5 atom stereocenters. The Hall–Kier alpha value is -1.29. The maximum absolute atomic E-state index is 11.7. The summed E-state index contributed by atoms with van der Waals surface area (Å²) in [5, 5.41) is 10.1. The number of aliphatic hydroxyl groups excluding tert-OH is 1. The predicted molar refractivity (Wildman–Crippen MR) is 63.5 cm³/mol. The van der Waals surface area contributed by atoms with E-state index in [4.69, 9.17) is 15.0 Å². The van der Waals surface area contributed by atoms with Gasteiger partial charge in [-0.2, -0.15) is 4.98 Å². The van der Waals surface area contributed by atoms with Gasteiger partial charge in [0.2, 0.25) is 0 Å². The van der Waals surface area contributed by atoms with E-state index in [1.807, 2.05) is 0 Å². The van der Waals surface area contributed by atoms with Crippen molar-refractivity contribution >= 4 is 13.6 Å². The van der Waals surface area contributed by atoms with Gasteiger partial charge in [0.05, 0.1) is 6.61 Å². The average Bonchev–Trinajstić information content (AvgIpc) is 2.66. The van der Waals surface area contributed by atoms with Crippen LogP contribution < -0.4 is 11.4 Å². The second kappa shape index (κ2) is 4.62. The molecule has 2 aliphatic heterocycles. The van der Waals surface area contributed by atoms with Crippen LogP contribution in [-0.2, 0) is 18.3 Å². The Morgan fingerprint density at radius 2 is 2.30 bits per heavy atom. The van der Waals surface area contributed by atoms with Gasteiger partial charge in [0.25, 0.3) is 0 Å². The van der Waals surface area contributed by atoms with E-state index in [2.05, 4.69) is 9.51 Å². The molecule has 0 bridgehead atoms. The zero-order chi connectivity index (χ0) is 14.5. The topological polar surface area (TPSA) is 146 Å². The number of ether oxygens (including phenoxy) is 1. The van der Waals surface area contributed by atoms with Gasteiger partial charge in [-0.3, -0.25) is 13.6 Å². The molecule has 0 aliphatic carbocycles. The molecule has 10 nitrogen and oxygen atoms in total. The lowest BCUT2D eigenvalue weighted by Crippen LogP contribution is -2.40. The van der Waals surface area contributed by atoms with Crippen molar-refractivity contribution in [1.82, 2.24) is 9.55 Å². The summed E-state index contributed by atoms with van der Waals surface area (Å²) in [6, 6.07) is 1.37. The van der Waals surface area contributed by atoms with Crippen LogP contribution in [0.2, 0.25) is 0 Å². The van der Waals surface area contributed by atoms with Crippen molar-refractivity contribution in [3.8, 4) is 0 Å². The third-order valence-corrected chi connectivity index (χ3v) is 4.08. The molecule has 0 amide bonds. The van der Waals surface area contributed by atoms with Gasteiger partial charge in [-0.25, -0.2) is 9.36 Å². The zero-order valence-corrected chi connectivity index (χ0v) is 10.9. The van der Waals surface area contributed by atoms with Crippen LogP contribution in [0.3, 0.4) is 0 Å². The third kappa shape index (κ3) is 2.26. The summed E-state index contributed by atoms with van der Waals surface area (Å²) in [4.78, 5) is 24.5. The SMILES string of the molecule is Nc1ccn([C@@H]2O[C@@H]3COP(=O)(O)O[C@H]3[C@@H]2O)c(=O)n1. The van der Waals surface area contributed by atoms with Crippen molar-refractivity contribution in [2.45, 2.75) is 24.5 Å². The normalized spacial score (nSPS) is 40.5. The van der Waals surface area contributed by atoms with E-state index in [0.29, 0.717) is 0 Å². The molecule has 20 heavy (non-hydrogen) atoms. The minimum atomic E-state index is -4.19. The molecule has 3 rings (SSSR count). The van der Waals surface area contributed by atoms with Crippen LogP contribution in [0.5, 0.6) is 0 Å². The van der Waals surface area contributed by atoms with Crippen LogP contribution in [0.15, 0.2) is 17.1 Å². The van der Waals surface area contributed by atoms with E-state index >= 15 is 0 Å². The highest BCUT2D eigenvalue weighted by molar-refractivity contribution is 7.47. The maximum atomic E-state index is 11.7. The molecule has 0 aromatic carbocycles. The molecule has 2 saturated heterocycles. The Bertz CT molecular complexity index is 634. The van der Waals surface area contributed by atoms with E-state index in [-0.39, 0.29) is 12.4 Å². The number of fused-ring (bicyclic) bond motifs is 1. The van der Waals surface area contributed by atoms with Crippen molar-refractivity contribution in [3.05, 3.63) is 22.7 Å². The van der Waals surface area contributed by atoms with E-state index in [0.717, 1.165) is 4.57 Å². The number of nitrogens with two attached hydrogens (primary N) is 1. The molecule has 11 heteroatoms. The van der Waals surface area contributed by atoms with Crippen LogP contribution in [0.4, 0.5) is 5.82 Å². The molecule has 1 aromatic rings. The Morgan fingerprint density at radius 3 is 3.00 bits per heavy atom. The average molecular weight is 305 g/mol. The van der Waals surface area contributed by atoms with Gasteiger partial charge in [-0.05, 0) is 6.07 Å². The van der Waals surface area contributed by atoms with Gasteiger partial charge < -0.3 is 20.5 Å². The number of nitrogen functional groups attached to an aromatic ring is 1. The molecule has 110 valence electrons. The first kappa shape index (κ1) is 13.7. The number of phosphoric acid groups is 1. The number of hydrogen-bond acceptors (Lipinski definition) is 8. The summed E-state index contributed by atoms with van der Waals surface area (Å²) in [7, 11) is -4.19. The van der Waals surface area contributed by atoms with Crippen LogP contribution >= 0.6 is 7.82 Å². The molecule has 4 N–H and O–H groups in total. The van der Waals surface area contributed by atoms with Crippen molar-refractivity contribution in [2.75, 3.05) is 12.3 Å². The molecule has 1 unspecified atom stereocenters. The van der Waals surface area contributed by atoms with Gasteiger partial charge in [0.15, 0.2) is 6.23 Å². The minimum absolute atomic E-state index is 0.0376. The van der Waals surface area contributed by atoms with Gasteiger partial charge >= 0.3 is 13.5 Å². The summed E-state index contributed by atoms with van der Waals surface area (Å²) in [5.41, 5.74) is 4.66. The first-order chi connectivity index (χ1) is 9.37. The van der Waals surface area contributed by atoms with E-state index in [1.54, 1.807) is 0 Å². The van der Waals surface area contributed by atoms with E-state index in [9.17, 15) is 19.4 Å². The highest BCUT2D eigenvalue weighted by Crippen LogP contribution is 2.52. The second-order valence-corrected chi connectivity index (χ2v) is 5.84. The second-order valence-electron chi connectivity index (χ2n) is 4.43. The largest absolute Gasteiger partial charge is 0.472 e. The van der Waals surface area contributed by atoms with Crippen LogP contribution in [0, 0.1) is 0 Å². The molecule has 0 spiro atoms. The molecule has 3 heterocycles.